The molecule has 2 saturated heterocycles. The maximum absolute atomic E-state index is 12.5. The molecule has 4 nitrogen and oxygen atoms in total. The average molecular weight is 321 g/mol. The summed E-state index contributed by atoms with van der Waals surface area (Å²) in [7, 11) is 0. The van der Waals surface area contributed by atoms with Crippen molar-refractivity contribution in [3.63, 3.8) is 0 Å². The predicted molar refractivity (Wildman–Crippen MR) is 78.6 cm³/mol. The van der Waals surface area contributed by atoms with Crippen molar-refractivity contribution in [3.8, 4) is 0 Å². The maximum atomic E-state index is 12.5. The van der Waals surface area contributed by atoms with E-state index in [0.717, 1.165) is 25.9 Å². The molecule has 0 spiro atoms. The van der Waals surface area contributed by atoms with Crippen molar-refractivity contribution in [2.45, 2.75) is 44.8 Å². The Hall–Kier alpha value is -0.820. The van der Waals surface area contributed by atoms with Crippen LogP contribution in [-0.2, 0) is 4.79 Å². The smallest absolute Gasteiger partial charge is 0.339 e. The molecular formula is C15H26F3N3O. The Labute approximate surface area is 130 Å². The predicted octanol–water partition coefficient (Wildman–Crippen LogP) is 1.96. The Bertz CT molecular complexity index is 360. The molecule has 0 bridgehead atoms. The van der Waals surface area contributed by atoms with E-state index in [9.17, 15) is 18.0 Å². The van der Waals surface area contributed by atoms with E-state index < -0.39 is 12.7 Å². The fourth-order valence-corrected chi connectivity index (χ4v) is 3.28. The van der Waals surface area contributed by atoms with Crippen LogP contribution < -0.4 is 0 Å². The van der Waals surface area contributed by atoms with E-state index in [0.29, 0.717) is 26.2 Å². The molecule has 7 heteroatoms. The van der Waals surface area contributed by atoms with Gasteiger partial charge < -0.3 is 4.90 Å². The number of nitrogens with zero attached hydrogens (tertiary/aromatic N) is 3. The van der Waals surface area contributed by atoms with Gasteiger partial charge in [0.15, 0.2) is 0 Å². The van der Waals surface area contributed by atoms with E-state index in [1.54, 1.807) is 4.90 Å². The number of hydrogen-bond acceptors (Lipinski definition) is 3. The molecular weight excluding hydrogens is 295 g/mol. The second-order valence-electron chi connectivity index (χ2n) is 6.34. The lowest BCUT2D eigenvalue weighted by Crippen LogP contribution is -2.55. The highest BCUT2D eigenvalue weighted by Gasteiger charge is 2.34. The minimum absolute atomic E-state index is 0.0635. The number of carbonyl (C=O) groups excluding carboxylic acids is 1. The average Bonchev–Trinajstić information content (AvgIpc) is 2.74. The van der Waals surface area contributed by atoms with Gasteiger partial charge in [0.25, 0.3) is 0 Å². The Morgan fingerprint density at radius 3 is 2.00 bits per heavy atom. The number of carbonyl (C=O) groups is 1. The fourth-order valence-electron chi connectivity index (χ4n) is 3.28. The van der Waals surface area contributed by atoms with E-state index in [1.165, 1.54) is 17.7 Å². The molecule has 1 unspecified atom stereocenters. The molecule has 1 atom stereocenters. The lowest BCUT2D eigenvalue weighted by molar-refractivity contribution is -0.153. The van der Waals surface area contributed by atoms with Gasteiger partial charge in [0.1, 0.15) is 0 Å². The van der Waals surface area contributed by atoms with Crippen LogP contribution in [0.4, 0.5) is 13.2 Å². The summed E-state index contributed by atoms with van der Waals surface area (Å²) in [6.07, 6.45) is 0.514. The highest BCUT2D eigenvalue weighted by molar-refractivity contribution is 5.81. The Kier molecular flexibility index (Phi) is 6.09. The van der Waals surface area contributed by atoms with Crippen LogP contribution in [0.1, 0.15) is 32.6 Å². The van der Waals surface area contributed by atoms with Gasteiger partial charge in [0, 0.05) is 26.2 Å². The van der Waals surface area contributed by atoms with Crippen molar-refractivity contribution in [1.82, 2.24) is 14.7 Å². The summed E-state index contributed by atoms with van der Waals surface area (Å²) >= 11 is 0. The highest BCUT2D eigenvalue weighted by Crippen LogP contribution is 2.18. The molecule has 0 radical (unpaired) electrons. The molecule has 2 aliphatic rings. The van der Waals surface area contributed by atoms with Crippen molar-refractivity contribution in [2.75, 3.05) is 45.8 Å². The Balaban J connectivity index is 1.81. The largest absolute Gasteiger partial charge is 0.401 e. The van der Waals surface area contributed by atoms with Crippen LogP contribution in [0.15, 0.2) is 0 Å². The first-order valence-corrected chi connectivity index (χ1v) is 8.19. The van der Waals surface area contributed by atoms with Crippen LogP contribution in [-0.4, -0.2) is 78.6 Å². The summed E-state index contributed by atoms with van der Waals surface area (Å²) < 4.78 is 37.1. The summed E-state index contributed by atoms with van der Waals surface area (Å²) in [4.78, 5) is 17.9. The number of halogens is 3. The molecule has 1 amide bonds. The first kappa shape index (κ1) is 17.5. The number of piperazine rings is 1. The van der Waals surface area contributed by atoms with Crippen molar-refractivity contribution >= 4 is 5.91 Å². The van der Waals surface area contributed by atoms with Crippen molar-refractivity contribution in [1.29, 1.82) is 0 Å². The second kappa shape index (κ2) is 7.64. The highest BCUT2D eigenvalue weighted by atomic mass is 19.4. The van der Waals surface area contributed by atoms with Gasteiger partial charge in [0.2, 0.25) is 5.91 Å². The molecule has 2 heterocycles. The molecule has 128 valence electrons. The lowest BCUT2D eigenvalue weighted by Gasteiger charge is -2.38. The number of likely N-dealkylation sites (tertiary alicyclic amines) is 1. The van der Waals surface area contributed by atoms with Crippen LogP contribution in [0.2, 0.25) is 0 Å². The number of hydrogen-bond donors (Lipinski definition) is 0. The minimum atomic E-state index is -4.16. The zero-order chi connectivity index (χ0) is 16.2. The van der Waals surface area contributed by atoms with Gasteiger partial charge in [-0.15, -0.1) is 0 Å². The van der Waals surface area contributed by atoms with Crippen LogP contribution in [0.25, 0.3) is 0 Å². The van der Waals surface area contributed by atoms with Crippen LogP contribution in [0.3, 0.4) is 0 Å². The molecule has 0 saturated carbocycles. The van der Waals surface area contributed by atoms with Gasteiger partial charge in [-0.3, -0.25) is 14.6 Å². The molecule has 2 aliphatic heterocycles. The van der Waals surface area contributed by atoms with Crippen LogP contribution >= 0.6 is 0 Å². The topological polar surface area (TPSA) is 26.8 Å². The van der Waals surface area contributed by atoms with E-state index in [1.807, 2.05) is 6.92 Å². The number of amides is 1. The van der Waals surface area contributed by atoms with Crippen molar-refractivity contribution in [3.05, 3.63) is 0 Å². The van der Waals surface area contributed by atoms with Gasteiger partial charge in [-0.2, -0.15) is 13.2 Å². The first-order valence-electron chi connectivity index (χ1n) is 8.19. The SMILES string of the molecule is CC(C(=O)N1CCN(CC(F)(F)F)CC1)N1CCCCCC1. The molecule has 0 aromatic carbocycles. The van der Waals surface area contributed by atoms with Crippen molar-refractivity contribution < 1.29 is 18.0 Å². The third-order valence-electron chi connectivity index (χ3n) is 4.63. The Morgan fingerprint density at radius 2 is 1.50 bits per heavy atom. The zero-order valence-corrected chi connectivity index (χ0v) is 13.2. The lowest BCUT2D eigenvalue weighted by atomic mass is 10.2. The molecule has 0 aromatic rings. The monoisotopic (exact) mass is 321 g/mol. The molecule has 0 N–H and O–H groups in total. The Morgan fingerprint density at radius 1 is 0.955 bits per heavy atom. The quantitative estimate of drug-likeness (QED) is 0.795. The summed E-state index contributed by atoms with van der Waals surface area (Å²) in [6.45, 7) is 4.34. The third-order valence-corrected chi connectivity index (χ3v) is 4.63. The number of alkyl halides is 3. The van der Waals surface area contributed by atoms with Crippen LogP contribution in [0, 0.1) is 0 Å². The molecule has 0 aliphatic carbocycles. The molecule has 2 rings (SSSR count). The first-order chi connectivity index (χ1) is 10.4. The summed E-state index contributed by atoms with van der Waals surface area (Å²) in [6, 6.07) is -0.160. The summed E-state index contributed by atoms with van der Waals surface area (Å²) in [5.74, 6) is 0.0635. The maximum Gasteiger partial charge on any atom is 0.401 e. The minimum Gasteiger partial charge on any atom is -0.339 e. The van der Waals surface area contributed by atoms with Gasteiger partial charge in [-0.1, -0.05) is 12.8 Å². The van der Waals surface area contributed by atoms with Gasteiger partial charge >= 0.3 is 6.18 Å². The number of rotatable bonds is 3. The van der Waals surface area contributed by atoms with E-state index in [2.05, 4.69) is 4.90 Å². The van der Waals surface area contributed by atoms with Gasteiger partial charge in [-0.25, -0.2) is 0 Å². The van der Waals surface area contributed by atoms with E-state index >= 15 is 0 Å². The molecule has 2 fully saturated rings. The van der Waals surface area contributed by atoms with E-state index in [4.69, 9.17) is 0 Å². The fraction of sp³-hybridized carbons (Fsp3) is 0.933. The van der Waals surface area contributed by atoms with Gasteiger partial charge in [0.05, 0.1) is 12.6 Å². The second-order valence-corrected chi connectivity index (χ2v) is 6.34. The van der Waals surface area contributed by atoms with Crippen LogP contribution in [0.5, 0.6) is 0 Å². The molecule has 0 aromatic heterocycles. The van der Waals surface area contributed by atoms with E-state index in [-0.39, 0.29) is 11.9 Å². The normalized spacial score (nSPS) is 24.1. The zero-order valence-electron chi connectivity index (χ0n) is 13.2. The summed E-state index contributed by atoms with van der Waals surface area (Å²) in [5.41, 5.74) is 0. The molecule has 22 heavy (non-hydrogen) atoms. The third kappa shape index (κ3) is 5.12. The van der Waals surface area contributed by atoms with Gasteiger partial charge in [-0.05, 0) is 32.9 Å². The standard InChI is InChI=1S/C15H26F3N3O/c1-13(20-6-4-2-3-5-7-20)14(22)21-10-8-19(9-11-21)12-15(16,17)18/h13H,2-12H2,1H3. The van der Waals surface area contributed by atoms with Crippen molar-refractivity contribution in [2.24, 2.45) is 0 Å². The summed E-state index contributed by atoms with van der Waals surface area (Å²) in [5, 5.41) is 0.